The van der Waals surface area contributed by atoms with Crippen molar-refractivity contribution in [3.8, 4) is 23.0 Å². The first-order valence-corrected chi connectivity index (χ1v) is 10.6. The summed E-state index contributed by atoms with van der Waals surface area (Å²) in [5, 5.41) is 20.0. The van der Waals surface area contributed by atoms with Crippen LogP contribution in [0.15, 0.2) is 65.2 Å². The van der Waals surface area contributed by atoms with Gasteiger partial charge in [-0.15, -0.1) is 0 Å². The van der Waals surface area contributed by atoms with E-state index < -0.39 is 23.4 Å². The summed E-state index contributed by atoms with van der Waals surface area (Å²) < 4.78 is 12.0. The maximum Gasteiger partial charge on any atom is 0.340 e. The maximum absolute atomic E-state index is 13.1. The summed E-state index contributed by atoms with van der Waals surface area (Å²) in [6.07, 6.45) is 1.17. The summed E-state index contributed by atoms with van der Waals surface area (Å²) in [5.41, 5.74) is 0.438. The Labute approximate surface area is 194 Å². The fourth-order valence-corrected chi connectivity index (χ4v) is 4.89. The lowest BCUT2D eigenvalue weighted by Crippen LogP contribution is -2.33. The van der Waals surface area contributed by atoms with Crippen LogP contribution >= 0.6 is 15.9 Å². The van der Waals surface area contributed by atoms with Crippen LogP contribution in [0, 0.1) is 0 Å². The lowest BCUT2D eigenvalue weighted by molar-refractivity contribution is -0.120. The molecule has 0 aliphatic carbocycles. The molecular weight excluding hydrogens is 494 g/mol. The van der Waals surface area contributed by atoms with Gasteiger partial charge < -0.3 is 19.7 Å². The summed E-state index contributed by atoms with van der Waals surface area (Å²) >= 11 is 3.06. The molecule has 8 nitrogen and oxygen atoms in total. The molecule has 0 saturated heterocycles. The van der Waals surface area contributed by atoms with E-state index in [9.17, 15) is 24.6 Å². The third-order valence-electron chi connectivity index (χ3n) is 5.89. The number of phenolic OH excluding ortho intramolecular Hbond substituents is 2. The van der Waals surface area contributed by atoms with E-state index in [1.807, 2.05) is 0 Å². The highest BCUT2D eigenvalue weighted by atomic mass is 79.9. The van der Waals surface area contributed by atoms with Crippen LogP contribution in [0.5, 0.6) is 23.0 Å². The second-order valence-corrected chi connectivity index (χ2v) is 8.59. The Bertz CT molecular complexity index is 1420. The molecule has 3 aromatic carbocycles. The number of benzene rings is 3. The number of nitrogens with zero attached hydrogens (tertiary/aromatic N) is 1. The molecule has 2 N–H and O–H groups in total. The van der Waals surface area contributed by atoms with Crippen LogP contribution < -0.4 is 9.64 Å². The molecule has 3 heterocycles. The first kappa shape index (κ1) is 19.6. The zero-order valence-electron chi connectivity index (χ0n) is 16.5. The van der Waals surface area contributed by atoms with E-state index in [2.05, 4.69) is 15.9 Å². The van der Waals surface area contributed by atoms with Crippen molar-refractivity contribution in [2.24, 2.45) is 0 Å². The molecule has 1 spiro atoms. The lowest BCUT2D eigenvalue weighted by atomic mass is 9.77. The maximum atomic E-state index is 13.1. The number of aromatic hydroxyl groups is 2. The molecule has 33 heavy (non-hydrogen) atoms. The number of phenols is 2. The van der Waals surface area contributed by atoms with Crippen molar-refractivity contribution >= 4 is 39.4 Å². The molecule has 3 aromatic rings. The smallest absolute Gasteiger partial charge is 0.340 e. The minimum atomic E-state index is -1.41. The number of halogens is 1. The van der Waals surface area contributed by atoms with Crippen molar-refractivity contribution in [2.75, 3.05) is 4.90 Å². The molecule has 2 amide bonds. The van der Waals surface area contributed by atoms with Gasteiger partial charge in [-0.25, -0.2) is 9.69 Å². The van der Waals surface area contributed by atoms with Crippen LogP contribution in [-0.2, 0) is 19.9 Å². The third kappa shape index (κ3) is 2.53. The molecule has 0 unspecified atom stereocenters. The molecule has 3 aliphatic rings. The summed E-state index contributed by atoms with van der Waals surface area (Å²) in [6.45, 7) is 0. The van der Waals surface area contributed by atoms with E-state index in [1.165, 1.54) is 36.4 Å². The van der Waals surface area contributed by atoms with Gasteiger partial charge in [0.2, 0.25) is 0 Å². The molecular formula is C24H12BrNO7. The van der Waals surface area contributed by atoms with E-state index in [1.54, 1.807) is 24.3 Å². The van der Waals surface area contributed by atoms with Crippen molar-refractivity contribution < 1.29 is 34.1 Å². The first-order chi connectivity index (χ1) is 15.8. The number of imide groups is 1. The van der Waals surface area contributed by atoms with Crippen LogP contribution in [0.2, 0.25) is 0 Å². The quantitative estimate of drug-likeness (QED) is 0.381. The Kier molecular flexibility index (Phi) is 3.83. The number of anilines is 1. The second kappa shape index (κ2) is 6.46. The van der Waals surface area contributed by atoms with Gasteiger partial charge >= 0.3 is 5.97 Å². The number of hydrogen-bond acceptors (Lipinski definition) is 7. The molecule has 0 aromatic heterocycles. The van der Waals surface area contributed by atoms with Gasteiger partial charge in [0, 0.05) is 34.9 Å². The van der Waals surface area contributed by atoms with Gasteiger partial charge in [-0.1, -0.05) is 6.07 Å². The van der Waals surface area contributed by atoms with Gasteiger partial charge in [0.25, 0.3) is 11.8 Å². The minimum Gasteiger partial charge on any atom is -0.508 e. The molecule has 0 radical (unpaired) electrons. The fourth-order valence-electron chi connectivity index (χ4n) is 4.52. The van der Waals surface area contributed by atoms with Crippen LogP contribution in [0.1, 0.15) is 27.0 Å². The second-order valence-electron chi connectivity index (χ2n) is 7.73. The molecule has 162 valence electrons. The summed E-state index contributed by atoms with van der Waals surface area (Å²) in [6, 6.07) is 13.5. The summed E-state index contributed by atoms with van der Waals surface area (Å²) in [5.74, 6) is -1.29. The molecule has 0 bridgehead atoms. The lowest BCUT2D eigenvalue weighted by Gasteiger charge is -2.36. The molecule has 0 atom stereocenters. The van der Waals surface area contributed by atoms with E-state index in [-0.39, 0.29) is 38.7 Å². The highest BCUT2D eigenvalue weighted by Crippen LogP contribution is 2.57. The Morgan fingerprint density at radius 3 is 2.00 bits per heavy atom. The van der Waals surface area contributed by atoms with E-state index in [0.717, 1.165) is 4.90 Å². The van der Waals surface area contributed by atoms with Crippen LogP contribution in [0.4, 0.5) is 5.69 Å². The van der Waals surface area contributed by atoms with Crippen LogP contribution in [-0.4, -0.2) is 28.0 Å². The van der Waals surface area contributed by atoms with Gasteiger partial charge in [0.1, 0.15) is 23.0 Å². The number of ether oxygens (including phenoxy) is 2. The van der Waals surface area contributed by atoms with Crippen molar-refractivity contribution in [3.05, 3.63) is 87.4 Å². The predicted octanol–water partition coefficient (Wildman–Crippen LogP) is 3.82. The zero-order valence-corrected chi connectivity index (χ0v) is 18.1. The SMILES string of the molecule is O=C1OC2(c3ccc(O)cc3Oc3cc(O)ccc32)c2ccc(N3C(=O)C=C(Br)C3=O)cc21. The highest BCUT2D eigenvalue weighted by Gasteiger charge is 2.54. The zero-order chi connectivity index (χ0) is 23.1. The monoisotopic (exact) mass is 505 g/mol. The number of rotatable bonds is 1. The van der Waals surface area contributed by atoms with E-state index in [4.69, 9.17) is 9.47 Å². The predicted molar refractivity (Wildman–Crippen MR) is 118 cm³/mol. The average Bonchev–Trinajstić information content (AvgIpc) is 3.20. The standard InChI is InChI=1S/C24H12BrNO7/c25-18-10-21(29)26(22(18)30)11-1-4-15-14(7-11)23(31)33-24(15)16-5-2-12(27)8-19(16)32-20-9-13(28)3-6-17(20)24/h1-10,27-28H. The number of amides is 2. The molecule has 0 fully saturated rings. The van der Waals surface area contributed by atoms with Crippen molar-refractivity contribution in [1.82, 2.24) is 0 Å². The topological polar surface area (TPSA) is 113 Å². The van der Waals surface area contributed by atoms with Gasteiger partial charge in [-0.3, -0.25) is 9.59 Å². The molecule has 0 saturated carbocycles. The number of esters is 1. The van der Waals surface area contributed by atoms with Gasteiger partial charge in [-0.05, 0) is 52.3 Å². The van der Waals surface area contributed by atoms with Crippen molar-refractivity contribution in [3.63, 3.8) is 0 Å². The number of carbonyl (C=O) groups is 3. The fraction of sp³-hybridized carbons (Fsp3) is 0.0417. The van der Waals surface area contributed by atoms with Gasteiger partial charge in [0.05, 0.1) is 15.7 Å². The molecule has 9 heteroatoms. The van der Waals surface area contributed by atoms with E-state index in [0.29, 0.717) is 16.7 Å². The Morgan fingerprint density at radius 2 is 1.42 bits per heavy atom. The van der Waals surface area contributed by atoms with E-state index >= 15 is 0 Å². The van der Waals surface area contributed by atoms with Gasteiger partial charge in [-0.2, -0.15) is 0 Å². The van der Waals surface area contributed by atoms with Crippen LogP contribution in [0.25, 0.3) is 0 Å². The molecule has 3 aliphatic heterocycles. The Hall–Kier alpha value is -4.11. The van der Waals surface area contributed by atoms with Crippen molar-refractivity contribution in [2.45, 2.75) is 5.60 Å². The summed E-state index contributed by atoms with van der Waals surface area (Å²) in [4.78, 5) is 38.8. The summed E-state index contributed by atoms with van der Waals surface area (Å²) in [7, 11) is 0. The number of carbonyl (C=O) groups excluding carboxylic acids is 3. The largest absolute Gasteiger partial charge is 0.508 e. The van der Waals surface area contributed by atoms with Gasteiger partial charge in [0.15, 0.2) is 5.60 Å². The van der Waals surface area contributed by atoms with Crippen molar-refractivity contribution in [1.29, 1.82) is 0 Å². The Balaban J connectivity index is 1.59. The van der Waals surface area contributed by atoms with Crippen LogP contribution in [0.3, 0.4) is 0 Å². The highest BCUT2D eigenvalue weighted by molar-refractivity contribution is 9.12. The number of hydrogen-bond donors (Lipinski definition) is 2. The first-order valence-electron chi connectivity index (χ1n) is 9.78. The minimum absolute atomic E-state index is 0.0449. The normalized spacial score (nSPS) is 17.3. The number of fused-ring (bicyclic) bond motifs is 6. The Morgan fingerprint density at radius 1 is 0.818 bits per heavy atom. The molecule has 6 rings (SSSR count). The third-order valence-corrected chi connectivity index (χ3v) is 6.46. The average molecular weight is 506 g/mol.